The highest BCUT2D eigenvalue weighted by molar-refractivity contribution is 7.92. The molecular weight excluding hydrogens is 484 g/mol. The Morgan fingerprint density at radius 2 is 1.49 bits per heavy atom. The van der Waals surface area contributed by atoms with Crippen molar-refractivity contribution in [2.45, 2.75) is 61.1 Å². The van der Waals surface area contributed by atoms with E-state index < -0.39 is 15.6 Å². The monoisotopic (exact) mass is 520 g/mol. The van der Waals surface area contributed by atoms with Gasteiger partial charge in [-0.2, -0.15) is 0 Å². The van der Waals surface area contributed by atoms with Crippen LogP contribution in [0.1, 0.15) is 44.1 Å². The minimum absolute atomic E-state index is 0.0352. The maximum Gasteiger partial charge on any atom is 0.264 e. The summed E-state index contributed by atoms with van der Waals surface area (Å²) >= 11 is 0. The van der Waals surface area contributed by atoms with Crippen LogP contribution in [0.4, 0.5) is 5.69 Å². The second-order valence-electron chi connectivity index (χ2n) is 10.1. The first kappa shape index (κ1) is 25.8. The Hall–Kier alpha value is -2.87. The summed E-state index contributed by atoms with van der Waals surface area (Å²) in [6, 6.07) is 25.9. The number of ether oxygens (including phenoxy) is 1. The average molecular weight is 521 g/mol. The summed E-state index contributed by atoms with van der Waals surface area (Å²) in [5.74, 6) is 0.622. The van der Waals surface area contributed by atoms with Crippen molar-refractivity contribution in [3.8, 4) is 5.75 Å². The molecule has 0 bridgehead atoms. The Labute approximate surface area is 220 Å². The van der Waals surface area contributed by atoms with Gasteiger partial charge in [-0.15, -0.1) is 0 Å². The molecule has 37 heavy (non-hydrogen) atoms. The third-order valence-electron chi connectivity index (χ3n) is 8.01. The van der Waals surface area contributed by atoms with Gasteiger partial charge in [-0.05, 0) is 67.6 Å². The van der Waals surface area contributed by atoms with Gasteiger partial charge in [-0.1, -0.05) is 61.4 Å². The Bertz CT molecular complexity index is 1260. The predicted molar refractivity (Wildman–Crippen MR) is 146 cm³/mol. The lowest BCUT2D eigenvalue weighted by Crippen LogP contribution is -2.57. The first-order chi connectivity index (χ1) is 17.9. The van der Waals surface area contributed by atoms with Gasteiger partial charge in [-0.3, -0.25) is 9.21 Å². The molecule has 2 fully saturated rings. The molecule has 1 saturated carbocycles. The summed E-state index contributed by atoms with van der Waals surface area (Å²) in [5, 5.41) is 11.9. The van der Waals surface area contributed by atoms with E-state index in [0.717, 1.165) is 44.3 Å². The summed E-state index contributed by atoms with van der Waals surface area (Å²) in [4.78, 5) is 2.65. The summed E-state index contributed by atoms with van der Waals surface area (Å²) < 4.78 is 34.7. The molecule has 1 aliphatic heterocycles. The van der Waals surface area contributed by atoms with Crippen LogP contribution in [0.25, 0.3) is 0 Å². The van der Waals surface area contributed by atoms with E-state index in [1.807, 2.05) is 60.7 Å². The largest absolute Gasteiger partial charge is 0.497 e. The molecular formula is C30H36N2O4S. The van der Waals surface area contributed by atoms with E-state index in [2.05, 4.69) is 4.90 Å². The minimum atomic E-state index is -3.78. The van der Waals surface area contributed by atoms with Crippen LogP contribution in [0, 0.1) is 0 Å². The van der Waals surface area contributed by atoms with Crippen molar-refractivity contribution in [3.05, 3.63) is 90.5 Å². The van der Waals surface area contributed by atoms with Gasteiger partial charge in [0.1, 0.15) is 11.4 Å². The number of likely N-dealkylation sites (tertiary alicyclic amines) is 1. The number of benzene rings is 3. The number of methoxy groups -OCH3 is 1. The summed E-state index contributed by atoms with van der Waals surface area (Å²) in [7, 11) is -2.21. The van der Waals surface area contributed by atoms with Gasteiger partial charge < -0.3 is 9.84 Å². The van der Waals surface area contributed by atoms with Gasteiger partial charge in [-0.25, -0.2) is 8.42 Å². The second-order valence-corrected chi connectivity index (χ2v) is 11.9. The van der Waals surface area contributed by atoms with Crippen LogP contribution in [0.2, 0.25) is 0 Å². The van der Waals surface area contributed by atoms with Crippen molar-refractivity contribution < 1.29 is 18.3 Å². The Morgan fingerprint density at radius 3 is 2.11 bits per heavy atom. The van der Waals surface area contributed by atoms with Crippen molar-refractivity contribution >= 4 is 15.7 Å². The van der Waals surface area contributed by atoms with Crippen LogP contribution in [0.15, 0.2) is 89.8 Å². The van der Waals surface area contributed by atoms with Gasteiger partial charge >= 0.3 is 0 Å². The lowest BCUT2D eigenvalue weighted by Gasteiger charge is -2.49. The van der Waals surface area contributed by atoms with Crippen molar-refractivity contribution in [2.24, 2.45) is 0 Å². The van der Waals surface area contributed by atoms with Crippen LogP contribution in [-0.2, 0) is 15.6 Å². The SMILES string of the molecule is COc1ccc(S(=O)(=O)N(c2ccccc2)C2CCN(C3CCCCC3(O)c3ccccc3)CC2)cc1. The molecule has 2 unspecified atom stereocenters. The van der Waals surface area contributed by atoms with Crippen molar-refractivity contribution in [3.63, 3.8) is 0 Å². The number of para-hydroxylation sites is 1. The molecule has 5 rings (SSSR count). The number of nitrogens with zero attached hydrogens (tertiary/aromatic N) is 2. The fourth-order valence-electron chi connectivity index (χ4n) is 6.10. The van der Waals surface area contributed by atoms with Gasteiger partial charge in [0, 0.05) is 25.2 Å². The van der Waals surface area contributed by atoms with Crippen molar-refractivity contribution in [1.82, 2.24) is 4.90 Å². The maximum absolute atomic E-state index is 13.9. The Balaban J connectivity index is 1.39. The van der Waals surface area contributed by atoms with Gasteiger partial charge in [0.2, 0.25) is 0 Å². The van der Waals surface area contributed by atoms with Crippen LogP contribution >= 0.6 is 0 Å². The number of anilines is 1. The molecule has 2 atom stereocenters. The molecule has 3 aromatic rings. The fourth-order valence-corrected chi connectivity index (χ4v) is 7.81. The molecule has 1 aliphatic carbocycles. The highest BCUT2D eigenvalue weighted by Gasteiger charge is 2.45. The smallest absolute Gasteiger partial charge is 0.264 e. The van der Waals surface area contributed by atoms with Crippen molar-refractivity contribution in [1.29, 1.82) is 0 Å². The van der Waals surface area contributed by atoms with E-state index in [4.69, 9.17) is 4.74 Å². The van der Waals surface area contributed by atoms with E-state index in [1.54, 1.807) is 35.7 Å². The van der Waals surface area contributed by atoms with Crippen LogP contribution in [-0.4, -0.2) is 50.7 Å². The average Bonchev–Trinajstić information content (AvgIpc) is 2.95. The van der Waals surface area contributed by atoms with Gasteiger partial charge in [0.15, 0.2) is 0 Å². The summed E-state index contributed by atoms with van der Waals surface area (Å²) in [6.45, 7) is 1.48. The number of aliphatic hydroxyl groups is 1. The summed E-state index contributed by atoms with van der Waals surface area (Å²) in [5.41, 5.74) is 0.783. The highest BCUT2D eigenvalue weighted by Crippen LogP contribution is 2.41. The van der Waals surface area contributed by atoms with E-state index in [9.17, 15) is 13.5 Å². The second kappa shape index (κ2) is 10.9. The zero-order chi connectivity index (χ0) is 25.9. The molecule has 3 aromatic carbocycles. The molecule has 0 aromatic heterocycles. The Morgan fingerprint density at radius 1 is 0.865 bits per heavy atom. The quantitative estimate of drug-likeness (QED) is 0.465. The van der Waals surface area contributed by atoms with E-state index >= 15 is 0 Å². The number of piperidine rings is 1. The van der Waals surface area contributed by atoms with Gasteiger partial charge in [0.05, 0.1) is 17.7 Å². The Kier molecular flexibility index (Phi) is 7.56. The number of hydrogen-bond acceptors (Lipinski definition) is 5. The lowest BCUT2D eigenvalue weighted by molar-refractivity contribution is -0.0849. The molecule has 2 aliphatic rings. The third-order valence-corrected chi connectivity index (χ3v) is 9.90. The minimum Gasteiger partial charge on any atom is -0.497 e. The number of rotatable bonds is 7. The van der Waals surface area contributed by atoms with Crippen LogP contribution in [0.5, 0.6) is 5.75 Å². The molecule has 1 N–H and O–H groups in total. The van der Waals surface area contributed by atoms with Crippen molar-refractivity contribution in [2.75, 3.05) is 24.5 Å². The zero-order valence-electron chi connectivity index (χ0n) is 21.4. The molecule has 0 amide bonds. The molecule has 1 saturated heterocycles. The number of hydrogen-bond donors (Lipinski definition) is 1. The first-order valence-electron chi connectivity index (χ1n) is 13.2. The van der Waals surface area contributed by atoms with Crippen LogP contribution in [0.3, 0.4) is 0 Å². The predicted octanol–water partition coefficient (Wildman–Crippen LogP) is 5.19. The molecule has 6 nitrogen and oxygen atoms in total. The third kappa shape index (κ3) is 5.13. The standard InChI is InChI=1S/C30H36N2O4S/c1-36-27-15-17-28(18-16-27)37(34,35)32(25-12-6-3-7-13-25)26-19-22-31(23-20-26)29-14-8-9-21-30(29,33)24-10-4-2-5-11-24/h2-7,10-13,15-18,26,29,33H,8-9,14,19-23H2,1H3. The lowest BCUT2D eigenvalue weighted by atomic mass is 9.74. The fraction of sp³-hybridized carbons (Fsp3) is 0.400. The summed E-state index contributed by atoms with van der Waals surface area (Å²) in [6.07, 6.45) is 5.21. The molecule has 0 spiro atoms. The molecule has 196 valence electrons. The zero-order valence-corrected chi connectivity index (χ0v) is 22.2. The van der Waals surface area contributed by atoms with Crippen LogP contribution < -0.4 is 9.04 Å². The van der Waals surface area contributed by atoms with E-state index in [0.29, 0.717) is 24.3 Å². The first-order valence-corrected chi connectivity index (χ1v) is 14.6. The highest BCUT2D eigenvalue weighted by atomic mass is 32.2. The molecule has 1 heterocycles. The maximum atomic E-state index is 13.9. The topological polar surface area (TPSA) is 70.1 Å². The normalized spacial score (nSPS) is 23.5. The van der Waals surface area contributed by atoms with Gasteiger partial charge in [0.25, 0.3) is 10.0 Å². The van der Waals surface area contributed by atoms with E-state index in [-0.39, 0.29) is 17.0 Å². The molecule has 7 heteroatoms. The molecule has 0 radical (unpaired) electrons. The van der Waals surface area contributed by atoms with E-state index in [1.165, 1.54) is 0 Å². The number of sulfonamides is 1.